The molecule has 0 fully saturated rings. The molecule has 1 aromatic heterocycles. The van der Waals surface area contributed by atoms with E-state index in [1.165, 1.54) is 6.33 Å². The molecule has 0 aliphatic carbocycles. The molecule has 0 radical (unpaired) electrons. The van der Waals surface area contributed by atoms with Gasteiger partial charge in [-0.3, -0.25) is 0 Å². The molecular weight excluding hydrogens is 4310 g/mol. The minimum Gasteiger partial charge on any atom is -0.505 e. The van der Waals surface area contributed by atoms with Gasteiger partial charge in [-0.1, -0.05) is 0 Å². The predicted octanol–water partition coefficient (Wildman–Crippen LogP) is -0.586. The van der Waals surface area contributed by atoms with Crippen LogP contribution in [0.3, 0.4) is 0 Å². The van der Waals surface area contributed by atoms with Crippen LogP contribution in [0.5, 0.6) is 0 Å². The molecule has 1 rings (SSSR count). The maximum atomic E-state index is 3.41. The number of hydrogen-bond acceptors (Lipinski definition) is 3. The Hall–Kier alpha value is 14.8. The van der Waals surface area contributed by atoms with Crippen LogP contribution >= 0.6 is 0 Å². The zero-order valence-corrected chi connectivity index (χ0v) is 79.8. The van der Waals surface area contributed by atoms with Crippen LogP contribution in [0.25, 0.3) is 0 Å². The number of rotatable bonds is 0. The van der Waals surface area contributed by atoms with Crippen molar-refractivity contribution >= 4 is 0 Å². The fraction of sp³-hybridized carbons (Fsp3) is 0. The summed E-state index contributed by atoms with van der Waals surface area (Å²) in [5, 5.41) is 0. The van der Waals surface area contributed by atoms with E-state index in [0.29, 0.717) is 0 Å². The summed E-state index contributed by atoms with van der Waals surface area (Å²) in [5.74, 6) is 0. The molecule has 0 saturated heterocycles. The average molecular weight is 4310 g/mol. The predicted molar refractivity (Wildman–Crippen MR) is 17.5 cm³/mol. The van der Waals surface area contributed by atoms with Crippen molar-refractivity contribution in [2.75, 3.05) is 0 Å². The maximum absolute atomic E-state index is 3.41. The topological polar surface area (TPSA) is 38.7 Å². The van der Waals surface area contributed by atoms with Gasteiger partial charge in [0.05, 0.1) is 0 Å². The van der Waals surface area contributed by atoms with Crippen LogP contribution in [0.2, 0.25) is 0 Å². The van der Waals surface area contributed by atoms with E-state index in [0.717, 1.165) is 0 Å². The molecular formula is C3HN3W23-2. The Bertz CT molecular complexity index is 99.3. The molecule has 29 heavy (non-hydrogen) atoms. The Morgan fingerprint density at radius 2 is 0.414 bits per heavy atom. The SMILES string of the molecule is [W].[W].[W].[W].[W].[W].[W].[W].[W].[W].[W].[W].[W].[W].[W].[W].[W].[W].[W].[W].[W].[W].[W].[c-]1n[c-]ncn1. The molecule has 0 N–H and O–H groups in total. The molecule has 0 aliphatic rings. The molecule has 0 aliphatic heterocycles. The van der Waals surface area contributed by atoms with Crippen molar-refractivity contribution in [3.63, 3.8) is 0 Å². The minimum absolute atomic E-state index is 0. The van der Waals surface area contributed by atoms with E-state index in [1.54, 1.807) is 0 Å². The Morgan fingerprint density at radius 1 is 0.276 bits per heavy atom. The Morgan fingerprint density at radius 3 is 0.448 bits per heavy atom. The van der Waals surface area contributed by atoms with Crippen molar-refractivity contribution in [3.8, 4) is 0 Å². The molecule has 0 aromatic carbocycles. The van der Waals surface area contributed by atoms with E-state index in [4.69, 9.17) is 0 Å². The fourth-order valence-electron chi connectivity index (χ4n) is 0.161. The van der Waals surface area contributed by atoms with Gasteiger partial charge < -0.3 is 15.0 Å². The third kappa shape index (κ3) is 165. The van der Waals surface area contributed by atoms with Crippen molar-refractivity contribution in [2.45, 2.75) is 0 Å². The first kappa shape index (κ1) is 185. The van der Waals surface area contributed by atoms with E-state index in [9.17, 15) is 0 Å². The molecule has 0 atom stereocenters. The van der Waals surface area contributed by atoms with Crippen LogP contribution in [0, 0.1) is 12.7 Å². The van der Waals surface area contributed by atoms with Gasteiger partial charge in [0.1, 0.15) is 0 Å². The van der Waals surface area contributed by atoms with E-state index < -0.39 is 0 Å². The maximum Gasteiger partial charge on any atom is 0 e. The first-order valence-electron chi connectivity index (χ1n) is 1.41. The second-order valence-electron chi connectivity index (χ2n) is 0.685. The average Bonchev–Trinajstić information content (AvgIpc) is 1.72. The molecule has 0 bridgehead atoms. The summed E-state index contributed by atoms with van der Waals surface area (Å²) in [7, 11) is 0. The molecule has 1 aromatic rings. The summed E-state index contributed by atoms with van der Waals surface area (Å²) in [6.45, 7) is 0. The third-order valence-corrected chi connectivity index (χ3v) is 0.331. The van der Waals surface area contributed by atoms with Crippen molar-refractivity contribution in [1.82, 2.24) is 15.0 Å². The molecule has 0 amide bonds. The van der Waals surface area contributed by atoms with Crippen LogP contribution < -0.4 is 0 Å². The number of nitrogens with zero attached hydrogens (tertiary/aromatic N) is 3. The Kier molecular flexibility index (Phi) is 1100. The van der Waals surface area contributed by atoms with Gasteiger partial charge in [-0.2, -0.15) is 12.7 Å². The summed E-state index contributed by atoms with van der Waals surface area (Å²) in [4.78, 5) is 10.1. The molecule has 3 nitrogen and oxygen atoms in total. The molecule has 26 heteroatoms. The molecule has 0 saturated carbocycles. The first-order chi connectivity index (χ1) is 3.00. The largest absolute Gasteiger partial charge is 0.505 e. The third-order valence-electron chi connectivity index (χ3n) is 0.331. The van der Waals surface area contributed by atoms with Crippen LogP contribution in [0.15, 0.2) is 6.33 Å². The van der Waals surface area contributed by atoms with Crippen LogP contribution in [-0.4, -0.2) is 15.0 Å². The van der Waals surface area contributed by atoms with Crippen molar-refractivity contribution in [2.24, 2.45) is 0 Å². The van der Waals surface area contributed by atoms with Gasteiger partial charge in [-0.15, -0.1) is 6.33 Å². The summed E-state index contributed by atoms with van der Waals surface area (Å²) in [6.07, 6.45) is 5.88. The smallest absolute Gasteiger partial charge is 0 e. The zero-order valence-electron chi connectivity index (χ0n) is 12.3. The summed E-state index contributed by atoms with van der Waals surface area (Å²) in [6, 6.07) is 0. The quantitative estimate of drug-likeness (QED) is 0.327. The first-order valence-corrected chi connectivity index (χ1v) is 1.41. The molecule has 168 valence electrons. The molecule has 0 spiro atoms. The normalized spacial score (nSPS) is 1.66. The Balaban J connectivity index is -0.000000000745. The second kappa shape index (κ2) is 173. The standard InChI is InChI=1S/C3HN3.23W/c1-4-2-6-3-5-1;;;;;;;;;;;;;;;;;;;;;;;/h1H;;;;;;;;;;;;;;;;;;;;;;;/q-2;;;;;;;;;;;;;;;;;;;;;;;. The summed E-state index contributed by atoms with van der Waals surface area (Å²) in [5.41, 5.74) is 0. The summed E-state index contributed by atoms with van der Waals surface area (Å²) < 4.78 is 0. The van der Waals surface area contributed by atoms with Gasteiger partial charge in [-0.25, -0.2) is 0 Å². The van der Waals surface area contributed by atoms with Crippen molar-refractivity contribution < 1.29 is 485 Å². The van der Waals surface area contributed by atoms with Gasteiger partial charge in [-0.05, 0) is 0 Å². The summed E-state index contributed by atoms with van der Waals surface area (Å²) >= 11 is 0. The number of hydrogen-bond donors (Lipinski definition) is 0. The van der Waals surface area contributed by atoms with Crippen molar-refractivity contribution in [1.29, 1.82) is 0 Å². The van der Waals surface area contributed by atoms with Gasteiger partial charge in [0.2, 0.25) is 0 Å². The van der Waals surface area contributed by atoms with E-state index >= 15 is 0 Å². The van der Waals surface area contributed by atoms with E-state index in [1.807, 2.05) is 0 Å². The van der Waals surface area contributed by atoms with Gasteiger partial charge in [0.15, 0.2) is 0 Å². The second-order valence-corrected chi connectivity index (χ2v) is 0.685. The van der Waals surface area contributed by atoms with E-state index in [2.05, 4.69) is 27.6 Å². The molecule has 1 heterocycles. The molecule has 0 unspecified atom stereocenters. The van der Waals surface area contributed by atoms with Gasteiger partial charge >= 0.3 is 0 Å². The van der Waals surface area contributed by atoms with Gasteiger partial charge in [0.25, 0.3) is 0 Å². The Labute approximate surface area is 504 Å². The van der Waals surface area contributed by atoms with Crippen LogP contribution in [0.1, 0.15) is 0 Å². The van der Waals surface area contributed by atoms with Gasteiger partial charge in [0, 0.05) is 485 Å². The number of aromatic nitrogens is 3. The van der Waals surface area contributed by atoms with Crippen molar-refractivity contribution in [3.05, 3.63) is 19.0 Å². The monoisotopic (exact) mass is 4310 g/mol. The van der Waals surface area contributed by atoms with Crippen LogP contribution in [0.4, 0.5) is 0 Å². The minimum atomic E-state index is 0. The van der Waals surface area contributed by atoms with E-state index in [-0.39, 0.29) is 485 Å². The fourth-order valence-corrected chi connectivity index (χ4v) is 0.161. The zero-order chi connectivity index (χ0) is 4.24. The van der Waals surface area contributed by atoms with Crippen LogP contribution in [-0.2, 0) is 485 Å².